The molecule has 1 aliphatic heterocycles. The van der Waals surface area contributed by atoms with Crippen molar-refractivity contribution in [3.05, 3.63) is 0 Å². The standard InChI is InChI=1S/C15H26O3/c1-9-4-6-13(11(3)15(16)17)14-8-18-10(2)5-7-12(9)14/h9-14H,4-8H2,1-3H3,(H,16,17)/t9-,10?,11?,12?,13?,14?/m1/s1. The van der Waals surface area contributed by atoms with E-state index < -0.39 is 5.97 Å². The van der Waals surface area contributed by atoms with Gasteiger partial charge in [-0.1, -0.05) is 20.3 Å². The van der Waals surface area contributed by atoms with E-state index >= 15 is 0 Å². The van der Waals surface area contributed by atoms with Crippen LogP contribution in [0.1, 0.15) is 46.5 Å². The molecule has 3 nitrogen and oxygen atoms in total. The van der Waals surface area contributed by atoms with Crippen molar-refractivity contribution in [1.82, 2.24) is 0 Å². The van der Waals surface area contributed by atoms with E-state index in [0.29, 0.717) is 23.9 Å². The van der Waals surface area contributed by atoms with Gasteiger partial charge in [0.2, 0.25) is 0 Å². The van der Waals surface area contributed by atoms with E-state index in [0.717, 1.165) is 25.4 Å². The van der Waals surface area contributed by atoms with Gasteiger partial charge >= 0.3 is 5.97 Å². The van der Waals surface area contributed by atoms with Gasteiger partial charge in [0.15, 0.2) is 0 Å². The molecule has 0 aromatic carbocycles. The van der Waals surface area contributed by atoms with Crippen LogP contribution in [0.25, 0.3) is 0 Å². The first-order chi connectivity index (χ1) is 8.50. The SMILES string of the molecule is CC1CCC2C(CO1)C(C(C)C(=O)O)CC[C@H]2C. The fourth-order valence-corrected chi connectivity index (χ4v) is 3.96. The van der Waals surface area contributed by atoms with Crippen molar-refractivity contribution < 1.29 is 14.6 Å². The van der Waals surface area contributed by atoms with Gasteiger partial charge in [0.1, 0.15) is 0 Å². The second-order valence-electron chi connectivity index (χ2n) is 6.39. The van der Waals surface area contributed by atoms with Gasteiger partial charge in [-0.15, -0.1) is 0 Å². The lowest BCUT2D eigenvalue weighted by Crippen LogP contribution is -2.40. The normalized spacial score (nSPS) is 42.7. The summed E-state index contributed by atoms with van der Waals surface area (Å²) in [6.07, 6.45) is 4.89. The van der Waals surface area contributed by atoms with Crippen molar-refractivity contribution in [3.63, 3.8) is 0 Å². The minimum absolute atomic E-state index is 0.234. The van der Waals surface area contributed by atoms with Gasteiger partial charge in [-0.25, -0.2) is 0 Å². The largest absolute Gasteiger partial charge is 0.481 e. The summed E-state index contributed by atoms with van der Waals surface area (Å²) in [6, 6.07) is 0. The van der Waals surface area contributed by atoms with Gasteiger partial charge in [0.05, 0.1) is 18.6 Å². The molecule has 2 aliphatic rings. The van der Waals surface area contributed by atoms with E-state index in [-0.39, 0.29) is 5.92 Å². The molecular formula is C15H26O3. The number of aliphatic carboxylic acids is 1. The van der Waals surface area contributed by atoms with Gasteiger partial charge < -0.3 is 9.84 Å². The minimum atomic E-state index is -0.648. The summed E-state index contributed by atoms with van der Waals surface area (Å²) in [5.74, 6) is 1.25. The maximum atomic E-state index is 11.3. The first-order valence-electron chi connectivity index (χ1n) is 7.35. The van der Waals surface area contributed by atoms with Crippen LogP contribution in [0.15, 0.2) is 0 Å². The molecule has 1 heterocycles. The molecule has 0 radical (unpaired) electrons. The van der Waals surface area contributed by atoms with Gasteiger partial charge in [-0.05, 0) is 49.9 Å². The Morgan fingerprint density at radius 3 is 2.56 bits per heavy atom. The summed E-state index contributed by atoms with van der Waals surface area (Å²) in [5.41, 5.74) is 0. The zero-order valence-electron chi connectivity index (χ0n) is 11.8. The van der Waals surface area contributed by atoms with Crippen LogP contribution in [0, 0.1) is 29.6 Å². The Balaban J connectivity index is 2.15. The Morgan fingerprint density at radius 2 is 1.89 bits per heavy atom. The highest BCUT2D eigenvalue weighted by Crippen LogP contribution is 2.46. The van der Waals surface area contributed by atoms with Crippen molar-refractivity contribution in [1.29, 1.82) is 0 Å². The van der Waals surface area contributed by atoms with Crippen molar-refractivity contribution in [3.8, 4) is 0 Å². The van der Waals surface area contributed by atoms with Crippen LogP contribution in [0.4, 0.5) is 0 Å². The Kier molecular flexibility index (Phi) is 4.31. The summed E-state index contributed by atoms with van der Waals surface area (Å²) in [6.45, 7) is 7.10. The number of carbonyl (C=O) groups is 1. The van der Waals surface area contributed by atoms with Crippen molar-refractivity contribution in [2.24, 2.45) is 29.6 Å². The maximum Gasteiger partial charge on any atom is 0.306 e. The van der Waals surface area contributed by atoms with Crippen molar-refractivity contribution >= 4 is 5.97 Å². The number of carboxylic acid groups (broad SMARTS) is 1. The summed E-state index contributed by atoms with van der Waals surface area (Å²) in [5, 5.41) is 9.27. The molecule has 2 fully saturated rings. The lowest BCUT2D eigenvalue weighted by molar-refractivity contribution is -0.145. The topological polar surface area (TPSA) is 46.5 Å². The number of ether oxygens (including phenoxy) is 1. The zero-order valence-corrected chi connectivity index (χ0v) is 11.8. The Hall–Kier alpha value is -0.570. The third-order valence-corrected chi connectivity index (χ3v) is 5.30. The highest BCUT2D eigenvalue weighted by Gasteiger charge is 2.42. The van der Waals surface area contributed by atoms with Gasteiger partial charge in [0, 0.05) is 0 Å². The molecule has 1 saturated heterocycles. The molecule has 1 saturated carbocycles. The van der Waals surface area contributed by atoms with E-state index in [1.165, 1.54) is 12.8 Å². The van der Waals surface area contributed by atoms with Gasteiger partial charge in [-0.2, -0.15) is 0 Å². The molecule has 3 heteroatoms. The van der Waals surface area contributed by atoms with Crippen LogP contribution < -0.4 is 0 Å². The highest BCUT2D eigenvalue weighted by atomic mass is 16.5. The molecule has 1 N–H and O–H groups in total. The maximum absolute atomic E-state index is 11.3. The quantitative estimate of drug-likeness (QED) is 0.823. The van der Waals surface area contributed by atoms with E-state index in [4.69, 9.17) is 4.74 Å². The third-order valence-electron chi connectivity index (χ3n) is 5.30. The predicted octanol–water partition coefficient (Wildman–Crippen LogP) is 3.18. The summed E-state index contributed by atoms with van der Waals surface area (Å²) in [7, 11) is 0. The van der Waals surface area contributed by atoms with Crippen LogP contribution in [-0.4, -0.2) is 23.8 Å². The first kappa shape index (κ1) is 13.9. The first-order valence-corrected chi connectivity index (χ1v) is 7.35. The zero-order chi connectivity index (χ0) is 13.3. The van der Waals surface area contributed by atoms with Crippen LogP contribution in [-0.2, 0) is 9.53 Å². The number of rotatable bonds is 2. The second kappa shape index (κ2) is 5.60. The summed E-state index contributed by atoms with van der Waals surface area (Å²) in [4.78, 5) is 11.3. The van der Waals surface area contributed by atoms with E-state index in [1.807, 2.05) is 6.92 Å². The number of hydrogen-bond donors (Lipinski definition) is 1. The van der Waals surface area contributed by atoms with E-state index in [2.05, 4.69) is 13.8 Å². The van der Waals surface area contributed by atoms with Gasteiger partial charge in [0.25, 0.3) is 0 Å². The molecule has 6 atom stereocenters. The molecule has 0 bridgehead atoms. The summed E-state index contributed by atoms with van der Waals surface area (Å²) >= 11 is 0. The van der Waals surface area contributed by atoms with Crippen LogP contribution in [0.2, 0.25) is 0 Å². The molecule has 5 unspecified atom stereocenters. The predicted molar refractivity (Wildman–Crippen MR) is 70.3 cm³/mol. The van der Waals surface area contributed by atoms with Crippen LogP contribution >= 0.6 is 0 Å². The monoisotopic (exact) mass is 254 g/mol. The Bertz CT molecular complexity index is 302. The van der Waals surface area contributed by atoms with Crippen LogP contribution in [0.3, 0.4) is 0 Å². The number of fused-ring (bicyclic) bond motifs is 1. The van der Waals surface area contributed by atoms with Crippen molar-refractivity contribution in [2.45, 2.75) is 52.6 Å². The number of carboxylic acids is 1. The minimum Gasteiger partial charge on any atom is -0.481 e. The molecule has 18 heavy (non-hydrogen) atoms. The van der Waals surface area contributed by atoms with Crippen molar-refractivity contribution in [2.75, 3.05) is 6.61 Å². The molecule has 0 aromatic rings. The Labute approximate surface area is 110 Å². The molecule has 2 rings (SSSR count). The average Bonchev–Trinajstić information content (AvgIpc) is 2.52. The fourth-order valence-electron chi connectivity index (χ4n) is 3.96. The smallest absolute Gasteiger partial charge is 0.306 e. The van der Waals surface area contributed by atoms with Crippen LogP contribution in [0.5, 0.6) is 0 Å². The fraction of sp³-hybridized carbons (Fsp3) is 0.933. The van der Waals surface area contributed by atoms with E-state index in [9.17, 15) is 9.90 Å². The second-order valence-corrected chi connectivity index (χ2v) is 6.39. The molecule has 0 spiro atoms. The van der Waals surface area contributed by atoms with E-state index in [1.54, 1.807) is 0 Å². The molecule has 1 aliphatic carbocycles. The third kappa shape index (κ3) is 2.71. The summed E-state index contributed by atoms with van der Waals surface area (Å²) < 4.78 is 5.89. The Morgan fingerprint density at radius 1 is 1.17 bits per heavy atom. The molecule has 104 valence electrons. The lowest BCUT2D eigenvalue weighted by atomic mass is 9.63. The highest BCUT2D eigenvalue weighted by molar-refractivity contribution is 5.69. The van der Waals surface area contributed by atoms with Gasteiger partial charge in [-0.3, -0.25) is 4.79 Å². The lowest BCUT2D eigenvalue weighted by Gasteiger charge is -2.42. The molecule has 0 amide bonds. The molecular weight excluding hydrogens is 228 g/mol. The molecule has 0 aromatic heterocycles. The number of hydrogen-bond acceptors (Lipinski definition) is 2. The average molecular weight is 254 g/mol.